The Bertz CT molecular complexity index is 388. The molecule has 0 aromatic heterocycles. The first-order chi connectivity index (χ1) is 7.89. The second kappa shape index (κ2) is 4.41. The zero-order valence-corrected chi connectivity index (χ0v) is 11.0. The van der Waals surface area contributed by atoms with E-state index in [9.17, 15) is 4.39 Å². The lowest BCUT2D eigenvalue weighted by molar-refractivity contribution is 0.356. The van der Waals surface area contributed by atoms with Crippen LogP contribution in [0.15, 0.2) is 24.3 Å². The van der Waals surface area contributed by atoms with E-state index in [2.05, 4.69) is 26.1 Å². The molecule has 1 nitrogen and oxygen atoms in total. The molecule has 17 heavy (non-hydrogen) atoms. The molecule has 1 saturated carbocycles. The van der Waals surface area contributed by atoms with Crippen molar-refractivity contribution < 1.29 is 4.39 Å². The van der Waals surface area contributed by atoms with Gasteiger partial charge >= 0.3 is 0 Å². The van der Waals surface area contributed by atoms with Gasteiger partial charge in [-0.15, -0.1) is 0 Å². The van der Waals surface area contributed by atoms with E-state index in [1.54, 1.807) is 12.1 Å². The minimum Gasteiger partial charge on any atom is -0.312 e. The van der Waals surface area contributed by atoms with Crippen molar-refractivity contribution in [3.8, 4) is 0 Å². The summed E-state index contributed by atoms with van der Waals surface area (Å²) < 4.78 is 13.1. The molecular weight excluding hydrogens is 213 g/mol. The van der Waals surface area contributed by atoms with Crippen LogP contribution in [-0.2, 0) is 6.42 Å². The minimum absolute atomic E-state index is 0.123. The molecule has 0 spiro atoms. The van der Waals surface area contributed by atoms with Crippen molar-refractivity contribution in [3.63, 3.8) is 0 Å². The minimum atomic E-state index is -0.123. The highest BCUT2D eigenvalue weighted by Crippen LogP contribution is 2.48. The maximum absolute atomic E-state index is 13.1. The maximum atomic E-state index is 13.1. The van der Waals surface area contributed by atoms with E-state index < -0.39 is 0 Å². The smallest absolute Gasteiger partial charge is 0.123 e. The van der Waals surface area contributed by atoms with E-state index >= 15 is 0 Å². The third-order valence-corrected chi connectivity index (χ3v) is 3.42. The van der Waals surface area contributed by atoms with Gasteiger partial charge in [0, 0.05) is 12.1 Å². The van der Waals surface area contributed by atoms with E-state index in [1.807, 2.05) is 6.07 Å². The Labute approximate surface area is 103 Å². The van der Waals surface area contributed by atoms with Crippen LogP contribution in [0.2, 0.25) is 0 Å². The van der Waals surface area contributed by atoms with Crippen molar-refractivity contribution in [2.75, 3.05) is 6.54 Å². The van der Waals surface area contributed by atoms with Crippen molar-refractivity contribution >= 4 is 0 Å². The molecule has 0 aliphatic heterocycles. The zero-order valence-electron chi connectivity index (χ0n) is 11.0. The van der Waals surface area contributed by atoms with Gasteiger partial charge in [0.2, 0.25) is 0 Å². The zero-order chi connectivity index (χ0) is 12.5. The highest BCUT2D eigenvalue weighted by atomic mass is 19.1. The van der Waals surface area contributed by atoms with Gasteiger partial charge in [0.25, 0.3) is 0 Å². The summed E-state index contributed by atoms with van der Waals surface area (Å²) in [7, 11) is 0. The van der Waals surface area contributed by atoms with Crippen molar-refractivity contribution in [1.82, 2.24) is 5.32 Å². The van der Waals surface area contributed by atoms with E-state index in [0.717, 1.165) is 18.5 Å². The van der Waals surface area contributed by atoms with Gasteiger partial charge in [0.1, 0.15) is 5.82 Å². The first-order valence-corrected chi connectivity index (χ1v) is 6.38. The number of halogens is 1. The molecule has 1 aromatic rings. The van der Waals surface area contributed by atoms with E-state index in [4.69, 9.17) is 0 Å². The van der Waals surface area contributed by atoms with Gasteiger partial charge in [-0.1, -0.05) is 12.1 Å². The van der Waals surface area contributed by atoms with Gasteiger partial charge in [-0.2, -0.15) is 0 Å². The highest BCUT2D eigenvalue weighted by molar-refractivity contribution is 5.20. The van der Waals surface area contributed by atoms with E-state index in [1.165, 1.54) is 18.9 Å². The molecule has 0 atom stereocenters. The number of hydrogen-bond donors (Lipinski definition) is 1. The lowest BCUT2D eigenvalue weighted by Crippen LogP contribution is -2.40. The average Bonchev–Trinajstić information content (AvgIpc) is 2.95. The predicted octanol–water partition coefficient (Wildman–Crippen LogP) is 3.54. The van der Waals surface area contributed by atoms with Crippen LogP contribution in [0.4, 0.5) is 4.39 Å². The summed E-state index contributed by atoms with van der Waals surface area (Å²) in [6.45, 7) is 7.59. The molecule has 0 heterocycles. The Balaban J connectivity index is 1.94. The fourth-order valence-corrected chi connectivity index (χ4v) is 2.13. The molecule has 1 N–H and O–H groups in total. The SMILES string of the molecule is CC(C)(C)NCC1(Cc2cccc(F)c2)CC1. The largest absolute Gasteiger partial charge is 0.312 e. The number of hydrogen-bond acceptors (Lipinski definition) is 1. The topological polar surface area (TPSA) is 12.0 Å². The van der Waals surface area contributed by atoms with Crippen molar-refractivity contribution in [2.45, 2.75) is 45.6 Å². The van der Waals surface area contributed by atoms with Crippen LogP contribution in [0, 0.1) is 11.2 Å². The molecular formula is C15H22FN. The molecule has 1 fully saturated rings. The third kappa shape index (κ3) is 3.81. The molecule has 2 rings (SSSR count). The molecule has 0 radical (unpaired) electrons. The second-order valence-electron chi connectivity index (χ2n) is 6.41. The lowest BCUT2D eigenvalue weighted by Gasteiger charge is -2.25. The lowest BCUT2D eigenvalue weighted by atomic mass is 9.95. The second-order valence-corrected chi connectivity index (χ2v) is 6.41. The van der Waals surface area contributed by atoms with E-state index in [0.29, 0.717) is 5.41 Å². The highest BCUT2D eigenvalue weighted by Gasteiger charge is 2.42. The van der Waals surface area contributed by atoms with Gasteiger partial charge in [-0.05, 0) is 63.1 Å². The molecule has 0 saturated heterocycles. The molecule has 0 amide bonds. The van der Waals surface area contributed by atoms with Crippen LogP contribution in [0.1, 0.15) is 39.2 Å². The van der Waals surface area contributed by atoms with Crippen LogP contribution < -0.4 is 5.32 Å². The van der Waals surface area contributed by atoms with Crippen LogP contribution >= 0.6 is 0 Å². The molecule has 0 bridgehead atoms. The quantitative estimate of drug-likeness (QED) is 0.841. The summed E-state index contributed by atoms with van der Waals surface area (Å²) in [6.07, 6.45) is 3.51. The first kappa shape index (κ1) is 12.6. The summed E-state index contributed by atoms with van der Waals surface area (Å²) in [4.78, 5) is 0. The predicted molar refractivity (Wildman–Crippen MR) is 69.5 cm³/mol. The average molecular weight is 235 g/mol. The Morgan fingerprint density at radius 3 is 2.53 bits per heavy atom. The fourth-order valence-electron chi connectivity index (χ4n) is 2.13. The van der Waals surface area contributed by atoms with Crippen molar-refractivity contribution in [1.29, 1.82) is 0 Å². The summed E-state index contributed by atoms with van der Waals surface area (Å²) in [5.74, 6) is -0.123. The van der Waals surface area contributed by atoms with Crippen LogP contribution in [0.25, 0.3) is 0 Å². The van der Waals surface area contributed by atoms with Crippen LogP contribution in [0.5, 0.6) is 0 Å². The van der Waals surface area contributed by atoms with Crippen LogP contribution in [-0.4, -0.2) is 12.1 Å². The normalized spacial score (nSPS) is 18.1. The van der Waals surface area contributed by atoms with Crippen molar-refractivity contribution in [2.24, 2.45) is 5.41 Å². The van der Waals surface area contributed by atoms with Gasteiger partial charge in [-0.3, -0.25) is 0 Å². The monoisotopic (exact) mass is 235 g/mol. The number of nitrogens with one attached hydrogen (secondary N) is 1. The summed E-state index contributed by atoms with van der Waals surface area (Å²) in [5.41, 5.74) is 1.66. The molecule has 0 unspecified atom stereocenters. The summed E-state index contributed by atoms with van der Waals surface area (Å²) in [5, 5.41) is 3.57. The van der Waals surface area contributed by atoms with Crippen LogP contribution in [0.3, 0.4) is 0 Å². The molecule has 2 heteroatoms. The molecule has 1 aromatic carbocycles. The molecule has 94 valence electrons. The Morgan fingerprint density at radius 1 is 1.29 bits per heavy atom. The maximum Gasteiger partial charge on any atom is 0.123 e. The first-order valence-electron chi connectivity index (χ1n) is 6.38. The summed E-state index contributed by atoms with van der Waals surface area (Å²) >= 11 is 0. The van der Waals surface area contributed by atoms with Gasteiger partial charge in [-0.25, -0.2) is 4.39 Å². The fraction of sp³-hybridized carbons (Fsp3) is 0.600. The van der Waals surface area contributed by atoms with E-state index in [-0.39, 0.29) is 11.4 Å². The van der Waals surface area contributed by atoms with Gasteiger partial charge in [0.05, 0.1) is 0 Å². The third-order valence-electron chi connectivity index (χ3n) is 3.42. The molecule has 1 aliphatic carbocycles. The Hall–Kier alpha value is -0.890. The Kier molecular flexibility index (Phi) is 3.26. The van der Waals surface area contributed by atoms with Crippen molar-refractivity contribution in [3.05, 3.63) is 35.6 Å². The molecule has 1 aliphatic rings. The Morgan fingerprint density at radius 2 is 2.00 bits per heavy atom. The standard InChI is InChI=1S/C15H22FN/c1-14(2,3)17-11-15(7-8-15)10-12-5-4-6-13(16)9-12/h4-6,9,17H,7-8,10-11H2,1-3H3. The van der Waals surface area contributed by atoms with Gasteiger partial charge in [0.15, 0.2) is 0 Å². The number of benzene rings is 1. The number of rotatable bonds is 4. The summed E-state index contributed by atoms with van der Waals surface area (Å²) in [6, 6.07) is 7.01. The van der Waals surface area contributed by atoms with Gasteiger partial charge < -0.3 is 5.32 Å².